The van der Waals surface area contributed by atoms with Crippen LogP contribution in [0.3, 0.4) is 0 Å². The van der Waals surface area contributed by atoms with E-state index in [2.05, 4.69) is 37.8 Å². The second-order valence-corrected chi connectivity index (χ2v) is 7.19. The molecule has 0 saturated carbocycles. The van der Waals surface area contributed by atoms with Gasteiger partial charge >= 0.3 is 0 Å². The number of thiophene rings is 1. The average molecular weight is 301 g/mol. The molecule has 2 rings (SSSR count). The van der Waals surface area contributed by atoms with Crippen molar-refractivity contribution in [2.24, 2.45) is 0 Å². The summed E-state index contributed by atoms with van der Waals surface area (Å²) in [7, 11) is 0. The smallest absolute Gasteiger partial charge is 0.177 e. The number of hydrogen-bond donors (Lipinski definition) is 0. The van der Waals surface area contributed by atoms with Crippen LogP contribution in [0, 0.1) is 13.8 Å². The zero-order valence-corrected chi connectivity index (χ0v) is 14.0. The molecule has 1 aromatic heterocycles. The molecule has 0 unspecified atom stereocenters. The third-order valence-corrected chi connectivity index (χ3v) is 4.61. The molecular formula is C18H23NOS. The van der Waals surface area contributed by atoms with E-state index in [1.165, 1.54) is 10.4 Å². The molecule has 1 aromatic carbocycles. The number of aryl methyl sites for hydroxylation is 2. The summed E-state index contributed by atoms with van der Waals surface area (Å²) in [6.45, 7) is 9.65. The van der Waals surface area contributed by atoms with Crippen LogP contribution >= 0.6 is 11.3 Å². The van der Waals surface area contributed by atoms with Gasteiger partial charge in [0.2, 0.25) is 0 Å². The molecule has 21 heavy (non-hydrogen) atoms. The Morgan fingerprint density at radius 2 is 1.86 bits per heavy atom. The van der Waals surface area contributed by atoms with Gasteiger partial charge in [-0.05, 0) is 39.3 Å². The van der Waals surface area contributed by atoms with Gasteiger partial charge in [0.15, 0.2) is 5.78 Å². The van der Waals surface area contributed by atoms with Crippen LogP contribution in [-0.2, 0) is 6.54 Å². The number of carbonyl (C=O) groups is 1. The number of rotatable bonds is 6. The van der Waals surface area contributed by atoms with Gasteiger partial charge in [0, 0.05) is 27.9 Å². The molecule has 1 heterocycles. The molecule has 3 heteroatoms. The van der Waals surface area contributed by atoms with E-state index in [1.807, 2.05) is 31.2 Å². The fourth-order valence-corrected chi connectivity index (χ4v) is 3.36. The summed E-state index contributed by atoms with van der Waals surface area (Å²) >= 11 is 1.70. The van der Waals surface area contributed by atoms with Gasteiger partial charge in [-0.2, -0.15) is 0 Å². The lowest BCUT2D eigenvalue weighted by Gasteiger charge is -2.25. The highest BCUT2D eigenvalue weighted by Gasteiger charge is 2.18. The Kier molecular flexibility index (Phi) is 5.32. The van der Waals surface area contributed by atoms with Crippen LogP contribution in [-0.4, -0.2) is 23.3 Å². The highest BCUT2D eigenvalue weighted by Crippen LogP contribution is 2.21. The van der Waals surface area contributed by atoms with E-state index in [0.29, 0.717) is 12.6 Å². The highest BCUT2D eigenvalue weighted by atomic mass is 32.1. The second-order valence-electron chi connectivity index (χ2n) is 5.73. The first kappa shape index (κ1) is 15.9. The third-order valence-electron chi connectivity index (χ3n) is 3.65. The SMILES string of the molecule is Cc1cc(C(=O)CN(Cc2ccccc2)C(C)C)c(C)s1. The first-order valence-electron chi connectivity index (χ1n) is 7.35. The molecule has 0 N–H and O–H groups in total. The fourth-order valence-electron chi connectivity index (χ4n) is 2.42. The van der Waals surface area contributed by atoms with Crippen molar-refractivity contribution < 1.29 is 4.79 Å². The van der Waals surface area contributed by atoms with Crippen molar-refractivity contribution >= 4 is 17.1 Å². The first-order valence-corrected chi connectivity index (χ1v) is 8.17. The Morgan fingerprint density at radius 3 is 2.38 bits per heavy atom. The van der Waals surface area contributed by atoms with Crippen molar-refractivity contribution in [3.05, 3.63) is 57.3 Å². The van der Waals surface area contributed by atoms with Crippen molar-refractivity contribution in [3.8, 4) is 0 Å². The maximum atomic E-state index is 12.5. The molecular weight excluding hydrogens is 278 g/mol. The van der Waals surface area contributed by atoms with Crippen LogP contribution in [0.25, 0.3) is 0 Å². The Morgan fingerprint density at radius 1 is 1.19 bits per heavy atom. The van der Waals surface area contributed by atoms with E-state index in [4.69, 9.17) is 0 Å². The number of benzene rings is 1. The molecule has 0 fully saturated rings. The maximum absolute atomic E-state index is 12.5. The van der Waals surface area contributed by atoms with E-state index in [9.17, 15) is 4.79 Å². The number of carbonyl (C=O) groups excluding carboxylic acids is 1. The summed E-state index contributed by atoms with van der Waals surface area (Å²) in [5.41, 5.74) is 2.13. The van der Waals surface area contributed by atoms with Crippen LogP contribution < -0.4 is 0 Å². The van der Waals surface area contributed by atoms with Gasteiger partial charge in [-0.15, -0.1) is 11.3 Å². The van der Waals surface area contributed by atoms with E-state index >= 15 is 0 Å². The van der Waals surface area contributed by atoms with Crippen LogP contribution in [0.4, 0.5) is 0 Å². The quantitative estimate of drug-likeness (QED) is 0.734. The molecule has 0 aliphatic carbocycles. The van der Waals surface area contributed by atoms with Gasteiger partial charge in [-0.1, -0.05) is 30.3 Å². The van der Waals surface area contributed by atoms with Gasteiger partial charge < -0.3 is 0 Å². The zero-order valence-electron chi connectivity index (χ0n) is 13.2. The number of Topliss-reactive ketones (excluding diaryl/α,β-unsaturated/α-hetero) is 1. The highest BCUT2D eigenvalue weighted by molar-refractivity contribution is 7.12. The molecule has 2 aromatic rings. The lowest BCUT2D eigenvalue weighted by molar-refractivity contribution is 0.0898. The molecule has 0 aliphatic rings. The lowest BCUT2D eigenvalue weighted by atomic mass is 10.1. The molecule has 0 amide bonds. The summed E-state index contributed by atoms with van der Waals surface area (Å²) in [5, 5.41) is 0. The Bertz CT molecular complexity index is 601. The molecule has 0 spiro atoms. The molecule has 0 bridgehead atoms. The predicted molar refractivity (Wildman–Crippen MR) is 90.1 cm³/mol. The van der Waals surface area contributed by atoms with E-state index in [0.717, 1.165) is 17.0 Å². The molecule has 0 aliphatic heterocycles. The largest absolute Gasteiger partial charge is 0.293 e. The van der Waals surface area contributed by atoms with E-state index < -0.39 is 0 Å². The van der Waals surface area contributed by atoms with Gasteiger partial charge in [0.1, 0.15) is 0 Å². The monoisotopic (exact) mass is 301 g/mol. The van der Waals surface area contributed by atoms with Crippen molar-refractivity contribution in [2.75, 3.05) is 6.54 Å². The van der Waals surface area contributed by atoms with Crippen molar-refractivity contribution in [1.29, 1.82) is 0 Å². The van der Waals surface area contributed by atoms with Gasteiger partial charge in [0.25, 0.3) is 0 Å². The topological polar surface area (TPSA) is 20.3 Å². The zero-order chi connectivity index (χ0) is 15.4. The molecule has 0 radical (unpaired) electrons. The molecule has 2 nitrogen and oxygen atoms in total. The number of hydrogen-bond acceptors (Lipinski definition) is 3. The first-order chi connectivity index (χ1) is 9.97. The molecule has 0 atom stereocenters. The van der Waals surface area contributed by atoms with E-state index in [-0.39, 0.29) is 5.78 Å². The third kappa shape index (κ3) is 4.26. The van der Waals surface area contributed by atoms with Crippen LogP contribution in [0.1, 0.15) is 39.5 Å². The van der Waals surface area contributed by atoms with Crippen molar-refractivity contribution in [1.82, 2.24) is 4.90 Å². The van der Waals surface area contributed by atoms with Gasteiger partial charge in [0.05, 0.1) is 6.54 Å². The average Bonchev–Trinajstić information content (AvgIpc) is 2.78. The Hall–Kier alpha value is -1.45. The minimum atomic E-state index is 0.224. The van der Waals surface area contributed by atoms with E-state index in [1.54, 1.807) is 11.3 Å². The maximum Gasteiger partial charge on any atom is 0.177 e. The predicted octanol–water partition coefficient (Wildman–Crippen LogP) is 4.46. The summed E-state index contributed by atoms with van der Waals surface area (Å²) in [4.78, 5) is 17.1. The van der Waals surface area contributed by atoms with Crippen LogP contribution in [0.5, 0.6) is 0 Å². The van der Waals surface area contributed by atoms with Crippen LogP contribution in [0.15, 0.2) is 36.4 Å². The Labute approximate surface area is 131 Å². The van der Waals surface area contributed by atoms with Crippen LogP contribution in [0.2, 0.25) is 0 Å². The molecule has 112 valence electrons. The summed E-state index contributed by atoms with van der Waals surface area (Å²) in [6.07, 6.45) is 0. The van der Waals surface area contributed by atoms with Gasteiger partial charge in [-0.3, -0.25) is 9.69 Å². The lowest BCUT2D eigenvalue weighted by Crippen LogP contribution is -2.35. The van der Waals surface area contributed by atoms with Crippen molar-refractivity contribution in [2.45, 2.75) is 40.3 Å². The normalized spacial score (nSPS) is 11.3. The Balaban J connectivity index is 2.09. The summed E-state index contributed by atoms with van der Waals surface area (Å²) in [6, 6.07) is 12.7. The number of nitrogens with zero attached hydrogens (tertiary/aromatic N) is 1. The summed E-state index contributed by atoms with van der Waals surface area (Å²) in [5.74, 6) is 0.224. The fraction of sp³-hybridized carbons (Fsp3) is 0.389. The molecule has 0 saturated heterocycles. The standard InChI is InChI=1S/C18H23NOS/c1-13(2)19(11-16-8-6-5-7-9-16)12-18(20)17-10-14(3)21-15(17)4/h5-10,13H,11-12H2,1-4H3. The summed E-state index contributed by atoms with van der Waals surface area (Å²) < 4.78 is 0. The minimum absolute atomic E-state index is 0.224. The number of ketones is 1. The minimum Gasteiger partial charge on any atom is -0.293 e. The van der Waals surface area contributed by atoms with Gasteiger partial charge in [-0.25, -0.2) is 0 Å². The van der Waals surface area contributed by atoms with Crippen molar-refractivity contribution in [3.63, 3.8) is 0 Å². The second kappa shape index (κ2) is 7.01.